The maximum Gasteiger partial charge on any atom is 0.290 e. The Morgan fingerprint density at radius 3 is 2.62 bits per heavy atom. The molecule has 0 spiro atoms. The molecule has 3 rings (SSSR count). The molecule has 0 saturated heterocycles. The van der Waals surface area contributed by atoms with E-state index in [1.54, 1.807) is 11.8 Å². The fraction of sp³-hybridized carbons (Fsp3) is 0.421. The number of ketones is 1. The Labute approximate surface area is 161 Å². The summed E-state index contributed by atoms with van der Waals surface area (Å²) in [6, 6.07) is 1.45. The van der Waals surface area contributed by atoms with Crippen LogP contribution >= 0.6 is 22.7 Å². The van der Waals surface area contributed by atoms with E-state index in [9.17, 15) is 14.7 Å². The van der Waals surface area contributed by atoms with Crippen LogP contribution in [0.2, 0.25) is 0 Å². The zero-order valence-corrected chi connectivity index (χ0v) is 17.0. The van der Waals surface area contributed by atoms with Gasteiger partial charge in [-0.15, -0.1) is 22.7 Å². The van der Waals surface area contributed by atoms with Gasteiger partial charge in [0.25, 0.3) is 5.91 Å². The van der Waals surface area contributed by atoms with Crippen molar-refractivity contribution in [1.82, 2.24) is 9.88 Å². The molecule has 5 nitrogen and oxygen atoms in total. The van der Waals surface area contributed by atoms with Crippen LogP contribution < -0.4 is 0 Å². The van der Waals surface area contributed by atoms with Gasteiger partial charge in [0, 0.05) is 11.4 Å². The predicted octanol–water partition coefficient (Wildman–Crippen LogP) is 4.51. The first-order valence-electron chi connectivity index (χ1n) is 8.63. The van der Waals surface area contributed by atoms with Crippen molar-refractivity contribution in [2.75, 3.05) is 6.54 Å². The lowest BCUT2D eigenvalue weighted by molar-refractivity contribution is -0.129. The number of aryl methyl sites for hydroxylation is 3. The molecule has 1 unspecified atom stereocenters. The van der Waals surface area contributed by atoms with Crippen LogP contribution in [-0.4, -0.2) is 33.2 Å². The van der Waals surface area contributed by atoms with Crippen molar-refractivity contribution in [2.24, 2.45) is 0 Å². The first-order chi connectivity index (χ1) is 12.4. The zero-order chi connectivity index (χ0) is 19.0. The molecule has 0 aliphatic carbocycles. The lowest BCUT2D eigenvalue weighted by Crippen LogP contribution is -2.32. The predicted molar refractivity (Wildman–Crippen MR) is 104 cm³/mol. The molecule has 1 aliphatic heterocycles. The highest BCUT2D eigenvalue weighted by atomic mass is 32.1. The van der Waals surface area contributed by atoms with E-state index >= 15 is 0 Å². The standard InChI is InChI=1S/C19H22N2O3S2/c1-5-6-8-21-14(17-10(2)7-9-25-17)13(16(23)19(21)24)15(22)18-11(3)20-12(4)26-18/h7,9,14,23H,5-6,8H2,1-4H3. The molecule has 1 atom stereocenters. The van der Waals surface area contributed by atoms with Crippen molar-refractivity contribution in [3.8, 4) is 0 Å². The van der Waals surface area contributed by atoms with Crippen LogP contribution in [0, 0.1) is 20.8 Å². The summed E-state index contributed by atoms with van der Waals surface area (Å²) < 4.78 is 0. The lowest BCUT2D eigenvalue weighted by Gasteiger charge is -2.26. The number of Topliss-reactive ketones (excluding diaryl/α,β-unsaturated/α-hetero) is 1. The van der Waals surface area contributed by atoms with Crippen molar-refractivity contribution < 1.29 is 14.7 Å². The van der Waals surface area contributed by atoms with Gasteiger partial charge in [0.15, 0.2) is 5.76 Å². The zero-order valence-electron chi connectivity index (χ0n) is 15.3. The van der Waals surface area contributed by atoms with Gasteiger partial charge in [0.1, 0.15) is 0 Å². The highest BCUT2D eigenvalue weighted by Crippen LogP contribution is 2.43. The molecule has 7 heteroatoms. The summed E-state index contributed by atoms with van der Waals surface area (Å²) in [5.74, 6) is -1.18. The third-order valence-electron chi connectivity index (χ3n) is 4.56. The average molecular weight is 391 g/mol. The average Bonchev–Trinajstić information content (AvgIpc) is 3.23. The third kappa shape index (κ3) is 3.10. The number of aliphatic hydroxyl groups excluding tert-OH is 1. The van der Waals surface area contributed by atoms with E-state index < -0.39 is 17.7 Å². The van der Waals surface area contributed by atoms with Crippen molar-refractivity contribution in [3.05, 3.63) is 48.8 Å². The maximum absolute atomic E-state index is 13.3. The van der Waals surface area contributed by atoms with Crippen molar-refractivity contribution in [2.45, 2.75) is 46.6 Å². The second-order valence-electron chi connectivity index (χ2n) is 6.46. The molecule has 1 N–H and O–H groups in total. The monoisotopic (exact) mass is 390 g/mol. The van der Waals surface area contributed by atoms with Gasteiger partial charge in [-0.3, -0.25) is 9.59 Å². The molecule has 0 bridgehead atoms. The number of thiophene rings is 1. The van der Waals surface area contributed by atoms with Crippen LogP contribution in [0.1, 0.15) is 56.6 Å². The first kappa shape index (κ1) is 18.8. The van der Waals surface area contributed by atoms with Crippen LogP contribution in [0.15, 0.2) is 22.8 Å². The Kier molecular flexibility index (Phi) is 5.29. The molecule has 3 heterocycles. The topological polar surface area (TPSA) is 70.5 Å². The normalized spacial score (nSPS) is 17.5. The Balaban J connectivity index is 2.10. The van der Waals surface area contributed by atoms with E-state index in [0.29, 0.717) is 17.1 Å². The number of amides is 1. The number of aromatic nitrogens is 1. The number of hydrogen-bond donors (Lipinski definition) is 1. The fourth-order valence-corrected chi connectivity index (χ4v) is 5.17. The number of hydrogen-bond acceptors (Lipinski definition) is 6. The molecular weight excluding hydrogens is 368 g/mol. The minimum absolute atomic E-state index is 0.184. The number of carbonyl (C=O) groups excluding carboxylic acids is 2. The van der Waals surface area contributed by atoms with Gasteiger partial charge < -0.3 is 10.0 Å². The minimum atomic E-state index is -0.525. The Morgan fingerprint density at radius 2 is 2.08 bits per heavy atom. The van der Waals surface area contributed by atoms with E-state index in [1.807, 2.05) is 25.3 Å². The van der Waals surface area contributed by atoms with Gasteiger partial charge >= 0.3 is 0 Å². The number of thiazole rings is 1. The van der Waals surface area contributed by atoms with Gasteiger partial charge in [-0.25, -0.2) is 4.98 Å². The van der Waals surface area contributed by atoms with E-state index in [4.69, 9.17) is 0 Å². The second kappa shape index (κ2) is 7.32. The van der Waals surface area contributed by atoms with Crippen LogP contribution in [0.5, 0.6) is 0 Å². The second-order valence-corrected chi connectivity index (χ2v) is 8.61. The molecular formula is C19H22N2O3S2. The molecule has 0 aromatic carbocycles. The summed E-state index contributed by atoms with van der Waals surface area (Å²) in [7, 11) is 0. The Hall–Kier alpha value is -1.99. The van der Waals surface area contributed by atoms with Crippen LogP contribution in [0.4, 0.5) is 0 Å². The molecule has 0 saturated carbocycles. The van der Waals surface area contributed by atoms with E-state index in [0.717, 1.165) is 28.3 Å². The van der Waals surface area contributed by atoms with Crippen molar-refractivity contribution >= 4 is 34.4 Å². The van der Waals surface area contributed by atoms with E-state index in [2.05, 4.69) is 11.9 Å². The molecule has 2 aromatic heterocycles. The summed E-state index contributed by atoms with van der Waals surface area (Å²) in [4.78, 5) is 33.4. The van der Waals surface area contributed by atoms with Crippen LogP contribution in [-0.2, 0) is 4.79 Å². The maximum atomic E-state index is 13.3. The van der Waals surface area contributed by atoms with E-state index in [-0.39, 0.29) is 11.4 Å². The number of unbranched alkanes of at least 4 members (excludes halogenated alkanes) is 1. The summed E-state index contributed by atoms with van der Waals surface area (Å²) in [6.07, 6.45) is 1.75. The molecule has 1 amide bonds. The number of rotatable bonds is 6. The van der Waals surface area contributed by atoms with Gasteiger partial charge in [-0.1, -0.05) is 13.3 Å². The number of carbonyl (C=O) groups is 2. The summed E-state index contributed by atoms with van der Waals surface area (Å²) in [5, 5.41) is 13.3. The molecule has 0 radical (unpaired) electrons. The molecule has 2 aromatic rings. The van der Waals surface area contributed by atoms with Gasteiger partial charge in [0.2, 0.25) is 5.78 Å². The quantitative estimate of drug-likeness (QED) is 0.737. The molecule has 0 fully saturated rings. The lowest BCUT2D eigenvalue weighted by atomic mass is 9.98. The molecule has 138 valence electrons. The van der Waals surface area contributed by atoms with Crippen LogP contribution in [0.25, 0.3) is 0 Å². The van der Waals surface area contributed by atoms with Crippen molar-refractivity contribution in [1.29, 1.82) is 0 Å². The summed E-state index contributed by atoms with van der Waals surface area (Å²) in [6.45, 7) is 8.16. The largest absolute Gasteiger partial charge is 0.503 e. The molecule has 1 aliphatic rings. The highest BCUT2D eigenvalue weighted by molar-refractivity contribution is 7.14. The Morgan fingerprint density at radius 1 is 1.35 bits per heavy atom. The van der Waals surface area contributed by atoms with Gasteiger partial charge in [-0.2, -0.15) is 0 Å². The number of aliphatic hydroxyl groups is 1. The SMILES string of the molecule is CCCCN1C(=O)C(O)=C(C(=O)c2sc(C)nc2C)C1c1sccc1C. The Bertz CT molecular complexity index is 894. The van der Waals surface area contributed by atoms with Crippen molar-refractivity contribution in [3.63, 3.8) is 0 Å². The van der Waals surface area contributed by atoms with Gasteiger partial charge in [-0.05, 0) is 44.2 Å². The van der Waals surface area contributed by atoms with E-state index in [1.165, 1.54) is 22.7 Å². The van der Waals surface area contributed by atoms with Gasteiger partial charge in [0.05, 0.1) is 27.2 Å². The first-order valence-corrected chi connectivity index (χ1v) is 10.3. The van der Waals surface area contributed by atoms with Crippen LogP contribution in [0.3, 0.4) is 0 Å². The minimum Gasteiger partial charge on any atom is -0.503 e. The summed E-state index contributed by atoms with van der Waals surface area (Å²) >= 11 is 2.81. The number of nitrogens with zero attached hydrogens (tertiary/aromatic N) is 2. The third-order valence-corrected chi connectivity index (χ3v) is 6.70. The fourth-order valence-electron chi connectivity index (χ4n) is 3.25. The highest BCUT2D eigenvalue weighted by Gasteiger charge is 2.45. The smallest absolute Gasteiger partial charge is 0.290 e. The summed E-state index contributed by atoms with van der Waals surface area (Å²) in [5.41, 5.74) is 1.84. The molecule has 26 heavy (non-hydrogen) atoms.